The van der Waals surface area contributed by atoms with Gasteiger partial charge in [-0.3, -0.25) is 9.59 Å². The van der Waals surface area contributed by atoms with Crippen LogP contribution in [0.1, 0.15) is 55.4 Å². The Balaban J connectivity index is 2.21. The van der Waals surface area contributed by atoms with Gasteiger partial charge < -0.3 is 15.4 Å². The summed E-state index contributed by atoms with van der Waals surface area (Å²) in [4.78, 5) is 26.5. The first-order valence-electron chi connectivity index (χ1n) is 8.65. The van der Waals surface area contributed by atoms with Crippen molar-refractivity contribution < 1.29 is 14.3 Å². The van der Waals surface area contributed by atoms with E-state index in [4.69, 9.17) is 4.74 Å². The second-order valence-electron chi connectivity index (χ2n) is 8.18. The Labute approximate surface area is 154 Å². The van der Waals surface area contributed by atoms with Gasteiger partial charge in [0.05, 0.1) is 12.2 Å². The van der Waals surface area contributed by atoms with Crippen LogP contribution >= 0.6 is 11.3 Å². The molecule has 5 nitrogen and oxygen atoms in total. The maximum Gasteiger partial charge on any atom is 0.254 e. The average Bonchev–Trinajstić information content (AvgIpc) is 2.71. The molecule has 1 aliphatic carbocycles. The molecule has 2 N–H and O–H groups in total. The minimum atomic E-state index is -0.170. The predicted molar refractivity (Wildman–Crippen MR) is 102 cm³/mol. The van der Waals surface area contributed by atoms with E-state index in [-0.39, 0.29) is 34.6 Å². The molecule has 1 fully saturated rings. The van der Waals surface area contributed by atoms with Crippen molar-refractivity contribution in [3.05, 3.63) is 16.0 Å². The van der Waals surface area contributed by atoms with Crippen molar-refractivity contribution >= 4 is 28.2 Å². The standard InChI is InChI=1S/C19H30N2O3S/c1-10(9-24-8)20-15(22)13-11(2)12(3)25-17(13)21-16(23)14-18(4,5)19(14,6)7/h10,14H,9H2,1-8H3,(H,20,22)(H,21,23). The van der Waals surface area contributed by atoms with E-state index in [0.717, 1.165) is 10.4 Å². The van der Waals surface area contributed by atoms with Gasteiger partial charge in [0.1, 0.15) is 5.00 Å². The molecule has 0 radical (unpaired) electrons. The van der Waals surface area contributed by atoms with Gasteiger partial charge in [0.25, 0.3) is 5.91 Å². The second kappa shape index (κ2) is 6.72. The summed E-state index contributed by atoms with van der Waals surface area (Å²) in [5.41, 5.74) is 1.41. The summed E-state index contributed by atoms with van der Waals surface area (Å²) in [7, 11) is 1.60. The number of ether oxygens (including phenoxy) is 1. The largest absolute Gasteiger partial charge is 0.383 e. The van der Waals surface area contributed by atoms with Crippen LogP contribution in [0.3, 0.4) is 0 Å². The Bertz CT molecular complexity index is 677. The van der Waals surface area contributed by atoms with E-state index in [1.165, 1.54) is 11.3 Å². The lowest BCUT2D eigenvalue weighted by atomic mass is 10.0. The zero-order valence-corrected chi connectivity index (χ0v) is 17.3. The van der Waals surface area contributed by atoms with Gasteiger partial charge in [-0.15, -0.1) is 11.3 Å². The normalized spacial score (nSPS) is 19.4. The fourth-order valence-electron chi connectivity index (χ4n) is 3.61. The molecular weight excluding hydrogens is 336 g/mol. The Hall–Kier alpha value is -1.40. The third-order valence-corrected chi connectivity index (χ3v) is 7.05. The summed E-state index contributed by atoms with van der Waals surface area (Å²) in [6, 6.07) is -0.0954. The second-order valence-corrected chi connectivity index (χ2v) is 9.41. The molecule has 25 heavy (non-hydrogen) atoms. The van der Waals surface area contributed by atoms with Crippen LogP contribution in [0.25, 0.3) is 0 Å². The third-order valence-electron chi connectivity index (χ3n) is 5.93. The van der Waals surface area contributed by atoms with Crippen LogP contribution in [0, 0.1) is 30.6 Å². The van der Waals surface area contributed by atoms with Crippen LogP contribution in [0.15, 0.2) is 0 Å². The van der Waals surface area contributed by atoms with E-state index in [1.807, 2.05) is 20.8 Å². The molecule has 1 unspecified atom stereocenters. The molecule has 1 aromatic rings. The number of hydrogen-bond acceptors (Lipinski definition) is 4. The molecule has 0 aromatic carbocycles. The van der Waals surface area contributed by atoms with Crippen molar-refractivity contribution in [1.82, 2.24) is 5.32 Å². The molecule has 1 aliphatic rings. The first-order chi connectivity index (χ1) is 11.4. The summed E-state index contributed by atoms with van der Waals surface area (Å²) in [6.07, 6.45) is 0. The SMILES string of the molecule is COCC(C)NC(=O)c1c(NC(=O)C2C(C)(C)C2(C)C)sc(C)c1C. The van der Waals surface area contributed by atoms with Crippen molar-refractivity contribution in [2.45, 2.75) is 54.5 Å². The predicted octanol–water partition coefficient (Wildman–Crippen LogP) is 3.75. The van der Waals surface area contributed by atoms with Gasteiger partial charge in [0, 0.05) is 23.9 Å². The molecule has 0 saturated heterocycles. The van der Waals surface area contributed by atoms with Crippen molar-refractivity contribution in [2.75, 3.05) is 19.0 Å². The number of thiophene rings is 1. The Morgan fingerprint density at radius 3 is 2.24 bits per heavy atom. The Kier molecular flexibility index (Phi) is 5.36. The number of anilines is 1. The number of methoxy groups -OCH3 is 1. The maximum absolute atomic E-state index is 12.8. The summed E-state index contributed by atoms with van der Waals surface area (Å²) in [5.74, 6) is -0.225. The van der Waals surface area contributed by atoms with Gasteiger partial charge in [-0.25, -0.2) is 0 Å². The number of hydrogen-bond donors (Lipinski definition) is 2. The minimum absolute atomic E-state index is 0.00441. The average molecular weight is 367 g/mol. The number of amides is 2. The molecule has 140 valence electrons. The molecule has 1 aromatic heterocycles. The highest BCUT2D eigenvalue weighted by molar-refractivity contribution is 7.16. The van der Waals surface area contributed by atoms with Gasteiger partial charge in [0.15, 0.2) is 0 Å². The zero-order valence-electron chi connectivity index (χ0n) is 16.5. The van der Waals surface area contributed by atoms with Crippen molar-refractivity contribution in [1.29, 1.82) is 0 Å². The monoisotopic (exact) mass is 366 g/mol. The lowest BCUT2D eigenvalue weighted by Crippen LogP contribution is -2.36. The molecule has 2 rings (SSSR count). The van der Waals surface area contributed by atoms with E-state index < -0.39 is 0 Å². The zero-order chi connectivity index (χ0) is 19.2. The topological polar surface area (TPSA) is 67.4 Å². The quantitative estimate of drug-likeness (QED) is 0.806. The lowest BCUT2D eigenvalue weighted by molar-refractivity contribution is -0.118. The van der Waals surface area contributed by atoms with Gasteiger partial charge in [-0.2, -0.15) is 0 Å². The Morgan fingerprint density at radius 2 is 1.76 bits per heavy atom. The van der Waals surface area contributed by atoms with Gasteiger partial charge >= 0.3 is 0 Å². The number of carbonyl (C=O) groups excluding carboxylic acids is 2. The molecule has 1 atom stereocenters. The van der Waals surface area contributed by atoms with Gasteiger partial charge in [-0.1, -0.05) is 27.7 Å². The van der Waals surface area contributed by atoms with Crippen LogP contribution in [0.4, 0.5) is 5.00 Å². The van der Waals surface area contributed by atoms with E-state index in [9.17, 15) is 9.59 Å². The van der Waals surface area contributed by atoms with E-state index in [2.05, 4.69) is 38.3 Å². The smallest absolute Gasteiger partial charge is 0.254 e. The van der Waals surface area contributed by atoms with Crippen molar-refractivity contribution in [3.8, 4) is 0 Å². The number of rotatable bonds is 6. The maximum atomic E-state index is 12.8. The van der Waals surface area contributed by atoms with E-state index in [0.29, 0.717) is 17.2 Å². The highest BCUT2D eigenvalue weighted by atomic mass is 32.1. The third kappa shape index (κ3) is 3.47. The van der Waals surface area contributed by atoms with Crippen LogP contribution < -0.4 is 10.6 Å². The first-order valence-corrected chi connectivity index (χ1v) is 9.47. The van der Waals surface area contributed by atoms with E-state index >= 15 is 0 Å². The van der Waals surface area contributed by atoms with Crippen LogP contribution in [-0.2, 0) is 9.53 Å². The number of aryl methyl sites for hydroxylation is 1. The first kappa shape index (κ1) is 19.9. The highest BCUT2D eigenvalue weighted by Gasteiger charge is 2.68. The fraction of sp³-hybridized carbons (Fsp3) is 0.684. The summed E-state index contributed by atoms with van der Waals surface area (Å²) < 4.78 is 5.07. The van der Waals surface area contributed by atoms with Crippen molar-refractivity contribution in [3.63, 3.8) is 0 Å². The summed E-state index contributed by atoms with van der Waals surface area (Å²) in [6.45, 7) is 14.7. The van der Waals surface area contributed by atoms with Crippen molar-refractivity contribution in [2.24, 2.45) is 16.7 Å². The molecule has 0 aliphatic heterocycles. The lowest BCUT2D eigenvalue weighted by Gasteiger charge is -2.14. The molecule has 0 spiro atoms. The number of carbonyl (C=O) groups is 2. The number of nitrogens with one attached hydrogen (secondary N) is 2. The molecule has 1 saturated carbocycles. The summed E-state index contributed by atoms with van der Waals surface area (Å²) >= 11 is 1.46. The molecular formula is C19H30N2O3S. The van der Waals surface area contributed by atoms with Gasteiger partial charge in [-0.05, 0) is 37.2 Å². The van der Waals surface area contributed by atoms with Gasteiger partial charge in [0.2, 0.25) is 5.91 Å². The molecule has 1 heterocycles. The minimum Gasteiger partial charge on any atom is -0.383 e. The fourth-order valence-corrected chi connectivity index (χ4v) is 4.67. The van der Waals surface area contributed by atoms with Crippen LogP contribution in [-0.4, -0.2) is 31.6 Å². The summed E-state index contributed by atoms with van der Waals surface area (Å²) in [5, 5.41) is 6.59. The van der Waals surface area contributed by atoms with Crippen LogP contribution in [0.2, 0.25) is 0 Å². The van der Waals surface area contributed by atoms with E-state index in [1.54, 1.807) is 7.11 Å². The van der Waals surface area contributed by atoms with Crippen LogP contribution in [0.5, 0.6) is 0 Å². The highest BCUT2D eigenvalue weighted by Crippen LogP contribution is 2.68. The Morgan fingerprint density at radius 1 is 1.20 bits per heavy atom. The molecule has 6 heteroatoms. The molecule has 2 amide bonds. The molecule has 0 bridgehead atoms.